The second-order valence-corrected chi connectivity index (χ2v) is 8.41. The first-order valence-corrected chi connectivity index (χ1v) is 10.2. The van der Waals surface area contributed by atoms with Crippen LogP contribution in [0.3, 0.4) is 0 Å². The third kappa shape index (κ3) is 5.72. The summed E-state index contributed by atoms with van der Waals surface area (Å²) in [5.74, 6) is 1.49. The maximum absolute atomic E-state index is 12.1. The molecule has 0 unspecified atom stereocenters. The maximum atomic E-state index is 12.1. The minimum Gasteiger partial charge on any atom is -0.444 e. The van der Waals surface area contributed by atoms with Gasteiger partial charge in [0, 0.05) is 52.3 Å². The van der Waals surface area contributed by atoms with E-state index in [0.29, 0.717) is 32.0 Å². The Hall–Kier alpha value is -3.14. The number of likely N-dealkylation sites (N-methyl/N-ethyl adjacent to an activating group) is 2. The molecule has 3 heterocycles. The number of imidazole rings is 1. The molecule has 0 saturated carbocycles. The lowest BCUT2D eigenvalue weighted by Crippen LogP contribution is -2.38. The van der Waals surface area contributed by atoms with Crippen LogP contribution in [-0.2, 0) is 16.0 Å². The summed E-state index contributed by atoms with van der Waals surface area (Å²) in [4.78, 5) is 24.9. The van der Waals surface area contributed by atoms with Gasteiger partial charge in [-0.3, -0.25) is 9.08 Å². The summed E-state index contributed by atoms with van der Waals surface area (Å²) in [6.07, 6.45) is 7.12. The van der Waals surface area contributed by atoms with Crippen LogP contribution in [0, 0.1) is 0 Å². The molecule has 0 radical (unpaired) electrons. The molecule has 0 bridgehead atoms. The van der Waals surface area contributed by atoms with Gasteiger partial charge in [-0.2, -0.15) is 5.10 Å². The number of rotatable bonds is 8. The largest absolute Gasteiger partial charge is 0.444 e. The number of methoxy groups -OCH3 is 1. The van der Waals surface area contributed by atoms with E-state index in [9.17, 15) is 4.79 Å². The van der Waals surface area contributed by atoms with E-state index < -0.39 is 5.60 Å². The number of aromatic nitrogens is 5. The molecule has 31 heavy (non-hydrogen) atoms. The molecular formula is C21H31N7O3. The minimum atomic E-state index is -0.511. The second kappa shape index (κ2) is 9.34. The number of fused-ring (bicyclic) bond motifs is 1. The van der Waals surface area contributed by atoms with Gasteiger partial charge >= 0.3 is 6.09 Å². The fraction of sp³-hybridized carbons (Fsp3) is 0.524. The van der Waals surface area contributed by atoms with E-state index in [1.807, 2.05) is 60.3 Å². The molecule has 0 aliphatic heterocycles. The fourth-order valence-electron chi connectivity index (χ4n) is 2.95. The first-order valence-electron chi connectivity index (χ1n) is 10.2. The van der Waals surface area contributed by atoms with Crippen LogP contribution in [0.1, 0.15) is 20.8 Å². The summed E-state index contributed by atoms with van der Waals surface area (Å²) in [6, 6.07) is 1.94. The Morgan fingerprint density at radius 3 is 2.68 bits per heavy atom. The lowest BCUT2D eigenvalue weighted by Gasteiger charge is -2.26. The number of hydrogen-bond donors (Lipinski definition) is 0. The number of amides is 1. The predicted molar refractivity (Wildman–Crippen MR) is 118 cm³/mol. The Morgan fingerprint density at radius 2 is 1.97 bits per heavy atom. The van der Waals surface area contributed by atoms with E-state index in [2.05, 4.69) is 15.1 Å². The van der Waals surface area contributed by atoms with Crippen molar-refractivity contribution in [3.63, 3.8) is 0 Å². The first-order chi connectivity index (χ1) is 14.7. The molecule has 3 aromatic rings. The van der Waals surface area contributed by atoms with E-state index in [1.165, 1.54) is 0 Å². The third-order valence-corrected chi connectivity index (χ3v) is 4.68. The van der Waals surface area contributed by atoms with E-state index in [4.69, 9.17) is 9.47 Å². The highest BCUT2D eigenvalue weighted by atomic mass is 16.6. The molecule has 0 spiro atoms. The van der Waals surface area contributed by atoms with E-state index in [-0.39, 0.29) is 6.09 Å². The van der Waals surface area contributed by atoms with Crippen molar-refractivity contribution in [3.8, 4) is 11.3 Å². The monoisotopic (exact) mass is 429 g/mol. The first kappa shape index (κ1) is 22.5. The number of hydrogen-bond acceptors (Lipinski definition) is 7. The molecule has 3 rings (SSSR count). The van der Waals surface area contributed by atoms with Crippen molar-refractivity contribution in [1.82, 2.24) is 29.0 Å². The van der Waals surface area contributed by atoms with E-state index >= 15 is 0 Å². The molecule has 3 aromatic heterocycles. The minimum absolute atomic E-state index is 0.337. The van der Waals surface area contributed by atoms with Crippen LogP contribution in [0.25, 0.3) is 17.0 Å². The molecule has 0 N–H and O–H groups in total. The summed E-state index contributed by atoms with van der Waals surface area (Å²) in [5, 5.41) is 4.34. The highest BCUT2D eigenvalue weighted by molar-refractivity contribution is 5.67. The smallest absolute Gasteiger partial charge is 0.410 e. The normalized spacial score (nSPS) is 11.7. The molecule has 0 aromatic carbocycles. The Balaban J connectivity index is 1.67. The molecule has 168 valence electrons. The second-order valence-electron chi connectivity index (χ2n) is 8.41. The van der Waals surface area contributed by atoms with Gasteiger partial charge in [0.2, 0.25) is 5.78 Å². The predicted octanol–water partition coefficient (Wildman–Crippen LogP) is 2.54. The Labute approximate surface area is 182 Å². The van der Waals surface area contributed by atoms with Gasteiger partial charge in [-0.15, -0.1) is 0 Å². The topological polar surface area (TPSA) is 90.0 Å². The van der Waals surface area contributed by atoms with Gasteiger partial charge in [0.15, 0.2) is 0 Å². The fourth-order valence-corrected chi connectivity index (χ4v) is 2.95. The van der Waals surface area contributed by atoms with Gasteiger partial charge < -0.3 is 19.3 Å². The van der Waals surface area contributed by atoms with Gasteiger partial charge in [0.05, 0.1) is 31.2 Å². The van der Waals surface area contributed by atoms with E-state index in [0.717, 1.165) is 17.1 Å². The summed E-state index contributed by atoms with van der Waals surface area (Å²) >= 11 is 0. The zero-order valence-electron chi connectivity index (χ0n) is 19.1. The molecule has 0 fully saturated rings. The summed E-state index contributed by atoms with van der Waals surface area (Å²) < 4.78 is 14.2. The standard InChI is InChI=1S/C21H31N7O3/c1-21(2,3)31-20(29)26(5)10-9-25(4)18-14-22-19-24-17(7-8-28(18)19)16-13-23-27(15-16)11-12-30-6/h7-8,13-15H,9-12H2,1-6H3. The van der Waals surface area contributed by atoms with Crippen molar-refractivity contribution >= 4 is 17.7 Å². The van der Waals surface area contributed by atoms with Gasteiger partial charge in [0.25, 0.3) is 0 Å². The maximum Gasteiger partial charge on any atom is 0.410 e. The average Bonchev–Trinajstić information content (AvgIpc) is 3.35. The number of carbonyl (C=O) groups excluding carboxylic acids is 1. The van der Waals surface area contributed by atoms with E-state index in [1.54, 1.807) is 31.5 Å². The van der Waals surface area contributed by atoms with Crippen LogP contribution in [0.15, 0.2) is 30.9 Å². The zero-order valence-corrected chi connectivity index (χ0v) is 19.1. The van der Waals surface area contributed by atoms with Crippen molar-refractivity contribution in [2.24, 2.45) is 0 Å². The van der Waals surface area contributed by atoms with Crippen molar-refractivity contribution in [1.29, 1.82) is 0 Å². The van der Waals surface area contributed by atoms with Gasteiger partial charge in [-0.25, -0.2) is 14.8 Å². The van der Waals surface area contributed by atoms with Crippen molar-refractivity contribution in [3.05, 3.63) is 30.9 Å². The lowest BCUT2D eigenvalue weighted by atomic mass is 10.2. The molecule has 0 saturated heterocycles. The highest BCUT2D eigenvalue weighted by Crippen LogP contribution is 2.20. The number of anilines is 1. The molecule has 0 atom stereocenters. The summed E-state index contributed by atoms with van der Waals surface area (Å²) in [5.41, 5.74) is 1.22. The van der Waals surface area contributed by atoms with Crippen molar-refractivity contribution in [2.75, 3.05) is 45.8 Å². The Bertz CT molecular complexity index is 1020. The third-order valence-electron chi connectivity index (χ3n) is 4.68. The van der Waals surface area contributed by atoms with Gasteiger partial charge in [-0.1, -0.05) is 0 Å². The van der Waals surface area contributed by atoms with Crippen LogP contribution < -0.4 is 4.90 Å². The quantitative estimate of drug-likeness (QED) is 0.543. The number of ether oxygens (including phenoxy) is 2. The average molecular weight is 430 g/mol. The summed E-state index contributed by atoms with van der Waals surface area (Å²) in [6.45, 7) is 8.00. The molecule has 0 aliphatic carbocycles. The Kier molecular flexibility index (Phi) is 6.79. The highest BCUT2D eigenvalue weighted by Gasteiger charge is 2.20. The van der Waals surface area contributed by atoms with Crippen molar-refractivity contribution in [2.45, 2.75) is 32.9 Å². The van der Waals surface area contributed by atoms with Crippen LogP contribution in [0.4, 0.5) is 10.6 Å². The van der Waals surface area contributed by atoms with Crippen LogP contribution in [0.2, 0.25) is 0 Å². The molecule has 1 amide bonds. The lowest BCUT2D eigenvalue weighted by molar-refractivity contribution is 0.0303. The van der Waals surface area contributed by atoms with Gasteiger partial charge in [0.1, 0.15) is 11.4 Å². The molecule has 10 heteroatoms. The van der Waals surface area contributed by atoms with Gasteiger partial charge in [-0.05, 0) is 26.8 Å². The Morgan fingerprint density at radius 1 is 1.19 bits per heavy atom. The van der Waals surface area contributed by atoms with Crippen LogP contribution in [-0.4, -0.2) is 81.6 Å². The molecule has 10 nitrogen and oxygen atoms in total. The molecule has 0 aliphatic rings. The molecular weight excluding hydrogens is 398 g/mol. The zero-order chi connectivity index (χ0) is 22.6. The SMILES string of the molecule is COCCn1cc(-c2ccn3c(N(C)CCN(C)C(=O)OC(C)(C)C)cnc3n2)cn1. The summed E-state index contributed by atoms with van der Waals surface area (Å²) in [7, 11) is 5.36. The van der Waals surface area contributed by atoms with Crippen LogP contribution in [0.5, 0.6) is 0 Å². The number of carbonyl (C=O) groups is 1. The number of nitrogens with zero attached hydrogens (tertiary/aromatic N) is 7. The van der Waals surface area contributed by atoms with Crippen molar-refractivity contribution < 1.29 is 14.3 Å². The van der Waals surface area contributed by atoms with Crippen LogP contribution >= 0.6 is 0 Å².